The third-order valence-electron chi connectivity index (χ3n) is 1.43. The predicted octanol–water partition coefficient (Wildman–Crippen LogP) is 2.93. The number of halogens is 4. The summed E-state index contributed by atoms with van der Waals surface area (Å²) in [5, 5.41) is 8.70. The fraction of sp³-hybridized carbons (Fsp3) is 0.250. The molecular weight excluding hydrogens is 220 g/mol. The number of hydrogen-bond donors (Lipinski definition) is 1. The Kier molecular flexibility index (Phi) is 3.38. The van der Waals surface area contributed by atoms with Crippen molar-refractivity contribution in [2.45, 2.75) is 17.0 Å². The molecule has 0 radical (unpaired) electrons. The molecule has 0 bridgehead atoms. The molecule has 0 aliphatic rings. The Hall–Kier alpha value is -0.750. The van der Waals surface area contributed by atoms with E-state index < -0.39 is 29.7 Å². The maximum absolute atomic E-state index is 12.6. The molecule has 0 aliphatic heterocycles. The number of hydrogen-bond acceptors (Lipinski definition) is 2. The van der Waals surface area contributed by atoms with E-state index in [2.05, 4.69) is 0 Å². The van der Waals surface area contributed by atoms with Gasteiger partial charge in [0.1, 0.15) is 5.82 Å². The molecule has 1 aromatic rings. The van der Waals surface area contributed by atoms with E-state index in [1.54, 1.807) is 0 Å². The summed E-state index contributed by atoms with van der Waals surface area (Å²) in [6.45, 7) is -0.543. The van der Waals surface area contributed by atoms with E-state index in [1.807, 2.05) is 0 Å². The van der Waals surface area contributed by atoms with Crippen LogP contribution in [0.5, 0.6) is 0 Å². The first-order chi connectivity index (χ1) is 6.42. The summed E-state index contributed by atoms with van der Waals surface area (Å²) in [4.78, 5) is -0.306. The van der Waals surface area contributed by atoms with Crippen molar-refractivity contribution in [3.8, 4) is 0 Å². The van der Waals surface area contributed by atoms with Gasteiger partial charge in [-0.3, -0.25) is 0 Å². The van der Waals surface area contributed by atoms with Crippen LogP contribution in [0.2, 0.25) is 0 Å². The number of thioether (sulfide) groups is 1. The molecule has 1 aromatic carbocycles. The minimum atomic E-state index is -4.47. The summed E-state index contributed by atoms with van der Waals surface area (Å²) in [6, 6.07) is 2.89. The zero-order chi connectivity index (χ0) is 10.8. The van der Waals surface area contributed by atoms with Crippen molar-refractivity contribution in [1.82, 2.24) is 0 Å². The van der Waals surface area contributed by atoms with E-state index in [9.17, 15) is 17.6 Å². The van der Waals surface area contributed by atoms with Crippen LogP contribution in [-0.4, -0.2) is 10.6 Å². The third kappa shape index (κ3) is 3.19. The van der Waals surface area contributed by atoms with E-state index in [-0.39, 0.29) is 10.5 Å². The Balaban J connectivity index is 2.99. The number of aliphatic hydroxyl groups is 1. The van der Waals surface area contributed by atoms with Gasteiger partial charge in [0.15, 0.2) is 0 Å². The average Bonchev–Trinajstić information content (AvgIpc) is 2.01. The molecule has 1 rings (SSSR count). The normalized spacial score (nSPS) is 11.8. The molecule has 0 atom stereocenters. The number of benzene rings is 1. The van der Waals surface area contributed by atoms with Crippen molar-refractivity contribution < 1.29 is 22.7 Å². The van der Waals surface area contributed by atoms with Crippen LogP contribution in [0, 0.1) is 5.82 Å². The van der Waals surface area contributed by atoms with Crippen LogP contribution in [0.1, 0.15) is 5.56 Å². The van der Waals surface area contributed by atoms with Gasteiger partial charge in [-0.25, -0.2) is 4.39 Å². The quantitative estimate of drug-likeness (QED) is 0.618. The first kappa shape index (κ1) is 11.3. The Labute approximate surface area is 81.7 Å². The molecule has 0 aliphatic carbocycles. The van der Waals surface area contributed by atoms with Crippen molar-refractivity contribution in [2.24, 2.45) is 0 Å². The second-order valence-corrected chi connectivity index (χ2v) is 3.56. The molecule has 0 saturated heterocycles. The average molecular weight is 226 g/mol. The molecule has 0 saturated carbocycles. The van der Waals surface area contributed by atoms with Crippen molar-refractivity contribution in [2.75, 3.05) is 0 Å². The van der Waals surface area contributed by atoms with Crippen LogP contribution < -0.4 is 0 Å². The molecule has 0 amide bonds. The largest absolute Gasteiger partial charge is 0.446 e. The first-order valence-corrected chi connectivity index (χ1v) is 4.39. The van der Waals surface area contributed by atoms with E-state index >= 15 is 0 Å². The molecule has 0 unspecified atom stereocenters. The lowest BCUT2D eigenvalue weighted by Gasteiger charge is -2.09. The summed E-state index contributed by atoms with van der Waals surface area (Å²) in [5.74, 6) is -0.756. The summed E-state index contributed by atoms with van der Waals surface area (Å²) in [7, 11) is 0. The minimum absolute atomic E-state index is 0.0636. The second-order valence-electron chi connectivity index (χ2n) is 2.46. The van der Waals surface area contributed by atoms with Gasteiger partial charge in [0.2, 0.25) is 0 Å². The fourth-order valence-corrected chi connectivity index (χ4v) is 1.56. The maximum atomic E-state index is 12.6. The van der Waals surface area contributed by atoms with Gasteiger partial charge in [-0.15, -0.1) is 0 Å². The van der Waals surface area contributed by atoms with Gasteiger partial charge in [-0.1, -0.05) is 6.07 Å². The van der Waals surface area contributed by atoms with Gasteiger partial charge in [-0.05, 0) is 29.5 Å². The number of alkyl halides is 3. The van der Waals surface area contributed by atoms with Gasteiger partial charge in [-0.2, -0.15) is 13.2 Å². The molecular formula is C8H6F4OS. The molecule has 78 valence electrons. The lowest BCUT2D eigenvalue weighted by molar-refractivity contribution is -0.0328. The van der Waals surface area contributed by atoms with Crippen LogP contribution >= 0.6 is 11.8 Å². The van der Waals surface area contributed by atoms with Gasteiger partial charge in [0, 0.05) is 4.90 Å². The molecule has 0 fully saturated rings. The van der Waals surface area contributed by atoms with Gasteiger partial charge < -0.3 is 5.11 Å². The van der Waals surface area contributed by atoms with Crippen LogP contribution in [0.25, 0.3) is 0 Å². The molecule has 0 heterocycles. The van der Waals surface area contributed by atoms with E-state index in [0.29, 0.717) is 0 Å². The molecule has 0 aromatic heterocycles. The summed E-state index contributed by atoms with van der Waals surface area (Å²) >= 11 is -0.434. The maximum Gasteiger partial charge on any atom is 0.446 e. The zero-order valence-corrected chi connectivity index (χ0v) is 7.62. The highest BCUT2D eigenvalue weighted by molar-refractivity contribution is 8.00. The topological polar surface area (TPSA) is 20.2 Å². The highest BCUT2D eigenvalue weighted by Gasteiger charge is 2.30. The van der Waals surface area contributed by atoms with Crippen molar-refractivity contribution in [1.29, 1.82) is 0 Å². The Morgan fingerprint density at radius 1 is 1.29 bits per heavy atom. The van der Waals surface area contributed by atoms with Crippen molar-refractivity contribution >= 4 is 11.8 Å². The molecule has 14 heavy (non-hydrogen) atoms. The first-order valence-electron chi connectivity index (χ1n) is 3.57. The molecule has 0 spiro atoms. The Morgan fingerprint density at radius 2 is 1.93 bits per heavy atom. The number of aliphatic hydroxyl groups excluding tert-OH is 1. The molecule has 6 heteroatoms. The lowest BCUT2D eigenvalue weighted by Crippen LogP contribution is -2.01. The predicted molar refractivity (Wildman–Crippen MR) is 44.2 cm³/mol. The highest BCUT2D eigenvalue weighted by atomic mass is 32.2. The SMILES string of the molecule is OCc1ccc(F)cc1SC(F)(F)F. The van der Waals surface area contributed by atoms with Gasteiger partial charge >= 0.3 is 5.51 Å². The minimum Gasteiger partial charge on any atom is -0.392 e. The molecule has 1 N–H and O–H groups in total. The van der Waals surface area contributed by atoms with Crippen LogP contribution in [0.3, 0.4) is 0 Å². The monoisotopic (exact) mass is 226 g/mol. The van der Waals surface area contributed by atoms with Crippen LogP contribution in [-0.2, 0) is 6.61 Å². The van der Waals surface area contributed by atoms with E-state index in [1.165, 1.54) is 0 Å². The summed E-state index contributed by atoms with van der Waals surface area (Å²) < 4.78 is 48.4. The lowest BCUT2D eigenvalue weighted by atomic mass is 10.2. The van der Waals surface area contributed by atoms with Crippen LogP contribution in [0.15, 0.2) is 23.1 Å². The van der Waals surface area contributed by atoms with E-state index in [0.717, 1.165) is 18.2 Å². The standard InChI is InChI=1S/C8H6F4OS/c9-6-2-1-5(4-13)7(3-6)14-8(10,11)12/h1-3,13H,4H2. The van der Waals surface area contributed by atoms with Gasteiger partial charge in [0.05, 0.1) is 6.61 Å². The zero-order valence-electron chi connectivity index (χ0n) is 6.81. The summed E-state index contributed by atoms with van der Waals surface area (Å²) in [5.41, 5.74) is -4.41. The van der Waals surface area contributed by atoms with Crippen molar-refractivity contribution in [3.63, 3.8) is 0 Å². The highest BCUT2D eigenvalue weighted by Crippen LogP contribution is 2.38. The Bertz CT molecular complexity index is 324. The smallest absolute Gasteiger partial charge is 0.392 e. The number of rotatable bonds is 2. The van der Waals surface area contributed by atoms with Gasteiger partial charge in [0.25, 0.3) is 0 Å². The second kappa shape index (κ2) is 4.18. The molecule has 1 nitrogen and oxygen atoms in total. The Morgan fingerprint density at radius 3 is 2.43 bits per heavy atom. The van der Waals surface area contributed by atoms with Crippen molar-refractivity contribution in [3.05, 3.63) is 29.6 Å². The fourth-order valence-electron chi connectivity index (χ4n) is 0.879. The van der Waals surface area contributed by atoms with E-state index in [4.69, 9.17) is 5.11 Å². The third-order valence-corrected chi connectivity index (χ3v) is 2.26. The summed E-state index contributed by atoms with van der Waals surface area (Å²) in [6.07, 6.45) is 0. The van der Waals surface area contributed by atoms with Crippen LogP contribution in [0.4, 0.5) is 17.6 Å².